The highest BCUT2D eigenvalue weighted by atomic mass is 127. The number of likely N-dealkylation sites (tertiary alicyclic amines) is 1. The van der Waals surface area contributed by atoms with Crippen molar-refractivity contribution in [1.29, 1.82) is 0 Å². The van der Waals surface area contributed by atoms with Gasteiger partial charge < -0.3 is 24.4 Å². The van der Waals surface area contributed by atoms with E-state index in [1.165, 1.54) is 11.1 Å². The number of rotatable bonds is 7. The molecule has 2 heterocycles. The van der Waals surface area contributed by atoms with Crippen LogP contribution < -0.4 is 14.8 Å². The Morgan fingerprint density at radius 3 is 2.64 bits per heavy atom. The molecule has 0 aromatic heterocycles. The summed E-state index contributed by atoms with van der Waals surface area (Å²) in [6.45, 7) is 9.91. The van der Waals surface area contributed by atoms with Gasteiger partial charge in [-0.25, -0.2) is 0 Å². The summed E-state index contributed by atoms with van der Waals surface area (Å²) < 4.78 is 17.4. The van der Waals surface area contributed by atoms with E-state index in [1.807, 2.05) is 19.2 Å². The molecule has 7 heteroatoms. The number of halogens is 1. The number of hydrogen-bond acceptors (Lipinski definition) is 4. The van der Waals surface area contributed by atoms with Gasteiger partial charge in [0.25, 0.3) is 0 Å². The molecule has 1 saturated heterocycles. The SMILES string of the molecule is CN=C(NCC(C)(C)c1ccc2c(c1)OCCO2)N1CCC(COCc2ccccc2)C1.I. The van der Waals surface area contributed by atoms with E-state index in [4.69, 9.17) is 14.2 Å². The van der Waals surface area contributed by atoms with Gasteiger partial charge in [0.15, 0.2) is 17.5 Å². The third-order valence-electron chi connectivity index (χ3n) is 6.27. The highest BCUT2D eigenvalue weighted by Gasteiger charge is 2.28. The van der Waals surface area contributed by atoms with Gasteiger partial charge in [-0.1, -0.05) is 50.2 Å². The van der Waals surface area contributed by atoms with Gasteiger partial charge in [0.1, 0.15) is 13.2 Å². The van der Waals surface area contributed by atoms with E-state index in [0.717, 1.165) is 50.1 Å². The Labute approximate surface area is 214 Å². The lowest BCUT2D eigenvalue weighted by atomic mass is 9.84. The fourth-order valence-corrected chi connectivity index (χ4v) is 4.28. The van der Waals surface area contributed by atoms with E-state index >= 15 is 0 Å². The summed E-state index contributed by atoms with van der Waals surface area (Å²) in [7, 11) is 1.86. The Hall–Kier alpha value is -2.00. The summed E-state index contributed by atoms with van der Waals surface area (Å²) in [4.78, 5) is 6.89. The van der Waals surface area contributed by atoms with Crippen molar-refractivity contribution in [2.45, 2.75) is 32.3 Å². The van der Waals surface area contributed by atoms with Crippen molar-refractivity contribution in [2.24, 2.45) is 10.9 Å². The number of hydrogen-bond donors (Lipinski definition) is 1. The van der Waals surface area contributed by atoms with Gasteiger partial charge in [0.2, 0.25) is 0 Å². The smallest absolute Gasteiger partial charge is 0.193 e. The van der Waals surface area contributed by atoms with Crippen molar-refractivity contribution < 1.29 is 14.2 Å². The second-order valence-electron chi connectivity index (χ2n) is 9.24. The zero-order valence-corrected chi connectivity index (χ0v) is 22.2. The monoisotopic (exact) mass is 565 g/mol. The normalized spacial score (nSPS) is 18.1. The predicted molar refractivity (Wildman–Crippen MR) is 143 cm³/mol. The third-order valence-corrected chi connectivity index (χ3v) is 6.27. The van der Waals surface area contributed by atoms with Crippen molar-refractivity contribution in [2.75, 3.05) is 46.5 Å². The van der Waals surface area contributed by atoms with Crippen LogP contribution in [0.3, 0.4) is 0 Å². The Morgan fingerprint density at radius 1 is 1.12 bits per heavy atom. The van der Waals surface area contributed by atoms with Crippen LogP contribution in [0.4, 0.5) is 0 Å². The van der Waals surface area contributed by atoms with Crippen LogP contribution in [0.2, 0.25) is 0 Å². The Balaban J connectivity index is 0.00000306. The first kappa shape index (κ1) is 25.6. The van der Waals surface area contributed by atoms with E-state index in [0.29, 0.717) is 25.7 Å². The van der Waals surface area contributed by atoms with Gasteiger partial charge in [-0.3, -0.25) is 4.99 Å². The molecule has 0 spiro atoms. The third kappa shape index (κ3) is 6.76. The number of guanidine groups is 1. The second-order valence-corrected chi connectivity index (χ2v) is 9.24. The average molecular weight is 565 g/mol. The standard InChI is InChI=1S/C26H35N3O3.HI/c1-26(2,22-9-10-23-24(15-22)32-14-13-31-23)19-28-25(27-3)29-12-11-21(16-29)18-30-17-20-7-5-4-6-8-20;/h4-10,15,21H,11-14,16-19H2,1-3H3,(H,27,28);1H. The fourth-order valence-electron chi connectivity index (χ4n) is 4.28. The maximum absolute atomic E-state index is 5.97. The van der Waals surface area contributed by atoms with Crippen LogP contribution in [-0.4, -0.2) is 57.4 Å². The van der Waals surface area contributed by atoms with Crippen LogP contribution >= 0.6 is 24.0 Å². The summed E-state index contributed by atoms with van der Waals surface area (Å²) in [6, 6.07) is 16.6. The number of nitrogens with zero attached hydrogens (tertiary/aromatic N) is 2. The molecule has 0 aliphatic carbocycles. The second kappa shape index (κ2) is 11.9. The first-order chi connectivity index (χ1) is 15.5. The van der Waals surface area contributed by atoms with E-state index in [-0.39, 0.29) is 29.4 Å². The molecule has 1 N–H and O–H groups in total. The molecule has 2 aliphatic rings. The van der Waals surface area contributed by atoms with Gasteiger partial charge in [-0.15, -0.1) is 24.0 Å². The largest absolute Gasteiger partial charge is 0.486 e. The van der Waals surface area contributed by atoms with Gasteiger partial charge in [0, 0.05) is 38.0 Å². The summed E-state index contributed by atoms with van der Waals surface area (Å²) in [6.07, 6.45) is 1.13. The molecule has 1 fully saturated rings. The molecule has 33 heavy (non-hydrogen) atoms. The summed E-state index contributed by atoms with van der Waals surface area (Å²) in [5.41, 5.74) is 2.36. The molecule has 6 nitrogen and oxygen atoms in total. The number of nitrogens with one attached hydrogen (secondary N) is 1. The Morgan fingerprint density at radius 2 is 1.88 bits per heavy atom. The lowest BCUT2D eigenvalue weighted by Gasteiger charge is -2.30. The van der Waals surface area contributed by atoms with E-state index in [2.05, 4.69) is 65.5 Å². The number of ether oxygens (including phenoxy) is 3. The van der Waals surface area contributed by atoms with Crippen LogP contribution in [0.15, 0.2) is 53.5 Å². The molecule has 2 aromatic rings. The van der Waals surface area contributed by atoms with Crippen LogP contribution in [0, 0.1) is 5.92 Å². The quantitative estimate of drug-likeness (QED) is 0.305. The van der Waals surface area contributed by atoms with Gasteiger partial charge in [-0.05, 0) is 29.7 Å². The fraction of sp³-hybridized carbons (Fsp3) is 0.500. The molecule has 4 rings (SSSR count). The minimum atomic E-state index is -0.0797. The van der Waals surface area contributed by atoms with Gasteiger partial charge in [0.05, 0.1) is 13.2 Å². The first-order valence-electron chi connectivity index (χ1n) is 11.5. The molecule has 2 aromatic carbocycles. The lowest BCUT2D eigenvalue weighted by Crippen LogP contribution is -2.45. The molecule has 0 bridgehead atoms. The van der Waals surface area contributed by atoms with Crippen LogP contribution in [0.25, 0.3) is 0 Å². The number of fused-ring (bicyclic) bond motifs is 1. The maximum atomic E-state index is 5.97. The van der Waals surface area contributed by atoms with Gasteiger partial charge >= 0.3 is 0 Å². The molecular formula is C26H36IN3O3. The van der Waals surface area contributed by atoms with Crippen molar-refractivity contribution >= 4 is 29.9 Å². The zero-order valence-electron chi connectivity index (χ0n) is 19.9. The molecule has 2 aliphatic heterocycles. The predicted octanol–water partition coefficient (Wildman–Crippen LogP) is 4.47. The minimum Gasteiger partial charge on any atom is -0.486 e. The highest BCUT2D eigenvalue weighted by molar-refractivity contribution is 14.0. The molecular weight excluding hydrogens is 529 g/mol. The van der Waals surface area contributed by atoms with Crippen molar-refractivity contribution in [3.8, 4) is 11.5 Å². The van der Waals surface area contributed by atoms with Gasteiger partial charge in [-0.2, -0.15) is 0 Å². The summed E-state index contributed by atoms with van der Waals surface area (Å²) >= 11 is 0. The topological polar surface area (TPSA) is 55.3 Å². The van der Waals surface area contributed by atoms with Crippen LogP contribution in [0.5, 0.6) is 11.5 Å². The van der Waals surface area contributed by atoms with E-state index < -0.39 is 0 Å². The summed E-state index contributed by atoms with van der Waals surface area (Å²) in [5, 5.41) is 3.60. The zero-order chi connectivity index (χ0) is 22.4. The van der Waals surface area contributed by atoms with Crippen molar-refractivity contribution in [3.05, 3.63) is 59.7 Å². The maximum Gasteiger partial charge on any atom is 0.193 e. The molecule has 1 unspecified atom stereocenters. The molecule has 0 saturated carbocycles. The highest BCUT2D eigenvalue weighted by Crippen LogP contribution is 2.35. The molecule has 180 valence electrons. The van der Waals surface area contributed by atoms with Crippen LogP contribution in [-0.2, 0) is 16.8 Å². The Kier molecular flexibility index (Phi) is 9.26. The number of aliphatic imine (C=N–C) groups is 1. The lowest BCUT2D eigenvalue weighted by molar-refractivity contribution is 0.0906. The number of benzene rings is 2. The average Bonchev–Trinajstić information content (AvgIpc) is 3.28. The first-order valence-corrected chi connectivity index (χ1v) is 11.5. The Bertz CT molecular complexity index is 920. The van der Waals surface area contributed by atoms with E-state index in [1.54, 1.807) is 0 Å². The van der Waals surface area contributed by atoms with Crippen LogP contribution in [0.1, 0.15) is 31.4 Å². The van der Waals surface area contributed by atoms with Crippen molar-refractivity contribution in [1.82, 2.24) is 10.2 Å². The minimum absolute atomic E-state index is 0. The molecule has 0 radical (unpaired) electrons. The molecule has 0 amide bonds. The van der Waals surface area contributed by atoms with E-state index in [9.17, 15) is 0 Å². The van der Waals surface area contributed by atoms with Crippen molar-refractivity contribution in [3.63, 3.8) is 0 Å². The molecule has 1 atom stereocenters. The summed E-state index contributed by atoms with van der Waals surface area (Å²) in [5.74, 6) is 3.16.